The SMILES string of the molecule is O=c1c(O[C@@H]2O[C@H](CO)[C@H](O)[C@@H](O)[C@@H]2O)c(-c2ccc(O)c(O)c2)oc2cc(O)cc(O)c12. The van der Waals surface area contributed by atoms with Gasteiger partial charge >= 0.3 is 0 Å². The Morgan fingerprint density at radius 2 is 1.61 bits per heavy atom. The van der Waals surface area contributed by atoms with Crippen LogP contribution in [0.3, 0.4) is 0 Å². The highest BCUT2D eigenvalue weighted by atomic mass is 16.7. The molecule has 12 nitrogen and oxygen atoms in total. The normalized spacial score (nSPS) is 25.3. The van der Waals surface area contributed by atoms with Gasteiger partial charge in [0.15, 0.2) is 17.3 Å². The second-order valence-corrected chi connectivity index (χ2v) is 7.45. The van der Waals surface area contributed by atoms with E-state index in [9.17, 15) is 45.6 Å². The van der Waals surface area contributed by atoms with E-state index in [0.29, 0.717) is 0 Å². The van der Waals surface area contributed by atoms with Crippen LogP contribution in [0, 0.1) is 0 Å². The number of benzene rings is 2. The van der Waals surface area contributed by atoms with Gasteiger partial charge in [0.2, 0.25) is 17.5 Å². The molecule has 2 heterocycles. The van der Waals surface area contributed by atoms with Gasteiger partial charge in [0.05, 0.1) is 6.61 Å². The lowest BCUT2D eigenvalue weighted by atomic mass is 9.99. The molecule has 5 atom stereocenters. The van der Waals surface area contributed by atoms with Gasteiger partial charge in [-0.25, -0.2) is 0 Å². The van der Waals surface area contributed by atoms with Gasteiger partial charge in [0, 0.05) is 17.7 Å². The minimum absolute atomic E-state index is 0.0201. The smallest absolute Gasteiger partial charge is 0.239 e. The Labute approximate surface area is 184 Å². The zero-order valence-corrected chi connectivity index (χ0v) is 16.7. The first kappa shape index (κ1) is 22.6. The van der Waals surface area contributed by atoms with Crippen molar-refractivity contribution in [1.29, 1.82) is 0 Å². The van der Waals surface area contributed by atoms with Gasteiger partial charge in [-0.05, 0) is 18.2 Å². The van der Waals surface area contributed by atoms with E-state index in [2.05, 4.69) is 0 Å². The number of aliphatic hydroxyl groups is 4. The molecular weight excluding hydrogens is 444 g/mol. The minimum Gasteiger partial charge on any atom is -0.508 e. The van der Waals surface area contributed by atoms with Crippen LogP contribution in [-0.2, 0) is 4.74 Å². The molecule has 1 aliphatic heterocycles. The van der Waals surface area contributed by atoms with E-state index in [0.717, 1.165) is 24.3 Å². The number of rotatable bonds is 4. The summed E-state index contributed by atoms with van der Waals surface area (Å²) in [7, 11) is 0. The predicted molar refractivity (Wildman–Crippen MR) is 109 cm³/mol. The Morgan fingerprint density at radius 1 is 0.879 bits per heavy atom. The van der Waals surface area contributed by atoms with Crippen molar-refractivity contribution in [2.24, 2.45) is 0 Å². The van der Waals surface area contributed by atoms with E-state index >= 15 is 0 Å². The van der Waals surface area contributed by atoms with Gasteiger partial charge in [-0.15, -0.1) is 0 Å². The molecule has 0 bridgehead atoms. The summed E-state index contributed by atoms with van der Waals surface area (Å²) in [5.74, 6) is -3.05. The van der Waals surface area contributed by atoms with Crippen LogP contribution < -0.4 is 10.2 Å². The van der Waals surface area contributed by atoms with Gasteiger partial charge in [-0.3, -0.25) is 4.79 Å². The maximum absolute atomic E-state index is 13.2. The Balaban J connectivity index is 1.91. The van der Waals surface area contributed by atoms with E-state index in [4.69, 9.17) is 13.9 Å². The average molecular weight is 464 g/mol. The molecule has 0 amide bonds. The predicted octanol–water partition coefficient (Wildman–Crippen LogP) is -0.539. The van der Waals surface area contributed by atoms with Gasteiger partial charge in [0.25, 0.3) is 0 Å². The zero-order valence-electron chi connectivity index (χ0n) is 16.7. The average Bonchev–Trinajstić information content (AvgIpc) is 2.76. The first-order valence-corrected chi connectivity index (χ1v) is 9.64. The second kappa shape index (κ2) is 8.42. The van der Waals surface area contributed by atoms with E-state index < -0.39 is 71.5 Å². The first-order valence-electron chi connectivity index (χ1n) is 9.64. The highest BCUT2D eigenvalue weighted by molar-refractivity contribution is 5.88. The third kappa shape index (κ3) is 3.90. The molecule has 1 aliphatic rings. The van der Waals surface area contributed by atoms with Crippen LogP contribution in [0.2, 0.25) is 0 Å². The van der Waals surface area contributed by atoms with Gasteiger partial charge in [-0.2, -0.15) is 0 Å². The van der Waals surface area contributed by atoms with Crippen molar-refractivity contribution in [3.8, 4) is 40.1 Å². The Kier molecular flexibility index (Phi) is 5.78. The fraction of sp³-hybridized carbons (Fsp3) is 0.286. The number of fused-ring (bicyclic) bond motifs is 1. The molecule has 1 saturated heterocycles. The third-order valence-corrected chi connectivity index (χ3v) is 5.24. The molecule has 0 aliphatic carbocycles. The van der Waals surface area contributed by atoms with Crippen LogP contribution >= 0.6 is 0 Å². The summed E-state index contributed by atoms with van der Waals surface area (Å²) in [6, 6.07) is 5.36. The van der Waals surface area contributed by atoms with Crippen LogP contribution in [0.1, 0.15) is 0 Å². The summed E-state index contributed by atoms with van der Waals surface area (Å²) >= 11 is 0. The fourth-order valence-electron chi connectivity index (χ4n) is 3.51. The standard InChI is InChI=1S/C21H20O12/c22-6-13-15(27)17(29)18(30)21(32-13)33-20-16(28)14-11(26)4-8(23)5-12(14)31-19(20)7-1-2-9(24)10(25)3-7/h1-5,13,15,17-18,21-27,29-30H,6H2/t13-,15+,17-,18+,21+/m1/s1. The van der Waals surface area contributed by atoms with Crippen molar-refractivity contribution in [3.63, 3.8) is 0 Å². The summed E-state index contributed by atoms with van der Waals surface area (Å²) in [6.45, 7) is -0.740. The number of aromatic hydroxyl groups is 4. The van der Waals surface area contributed by atoms with Crippen molar-refractivity contribution in [1.82, 2.24) is 0 Å². The Bertz CT molecular complexity index is 1250. The largest absolute Gasteiger partial charge is 0.508 e. The van der Waals surface area contributed by atoms with Crippen molar-refractivity contribution < 1.29 is 54.7 Å². The van der Waals surface area contributed by atoms with Crippen molar-refractivity contribution >= 4 is 11.0 Å². The van der Waals surface area contributed by atoms with Crippen molar-refractivity contribution in [2.75, 3.05) is 6.61 Å². The van der Waals surface area contributed by atoms with Crippen molar-refractivity contribution in [2.45, 2.75) is 30.7 Å². The Hall–Kier alpha value is -3.55. The Morgan fingerprint density at radius 3 is 2.27 bits per heavy atom. The number of phenolic OH excluding ortho intramolecular Hbond substituents is 4. The summed E-state index contributed by atoms with van der Waals surface area (Å²) in [4.78, 5) is 13.2. The first-order chi connectivity index (χ1) is 15.6. The van der Waals surface area contributed by atoms with Crippen molar-refractivity contribution in [3.05, 3.63) is 40.6 Å². The number of aliphatic hydroxyl groups excluding tert-OH is 4. The number of ether oxygens (including phenoxy) is 2. The summed E-state index contributed by atoms with van der Waals surface area (Å²) in [5.41, 5.74) is -1.19. The highest BCUT2D eigenvalue weighted by Crippen LogP contribution is 2.39. The molecule has 8 N–H and O–H groups in total. The van der Waals surface area contributed by atoms with E-state index in [-0.39, 0.29) is 22.3 Å². The molecule has 2 aromatic carbocycles. The van der Waals surface area contributed by atoms with E-state index in [1.54, 1.807) is 0 Å². The molecule has 0 unspecified atom stereocenters. The zero-order chi connectivity index (χ0) is 24.0. The molecule has 33 heavy (non-hydrogen) atoms. The lowest BCUT2D eigenvalue weighted by molar-refractivity contribution is -0.277. The molecule has 4 rings (SSSR count). The maximum atomic E-state index is 13.2. The number of phenols is 4. The molecule has 0 radical (unpaired) electrons. The minimum atomic E-state index is -1.85. The summed E-state index contributed by atoms with van der Waals surface area (Å²) in [6.07, 6.45) is -8.40. The summed E-state index contributed by atoms with van der Waals surface area (Å²) in [5, 5.41) is 78.7. The molecular formula is C21H20O12. The lowest BCUT2D eigenvalue weighted by Crippen LogP contribution is -2.60. The van der Waals surface area contributed by atoms with Crippen LogP contribution in [0.25, 0.3) is 22.3 Å². The van der Waals surface area contributed by atoms with Gasteiger partial charge in [-0.1, -0.05) is 0 Å². The van der Waals surface area contributed by atoms with Crippen LogP contribution in [0.5, 0.6) is 28.7 Å². The monoisotopic (exact) mass is 464 g/mol. The fourth-order valence-corrected chi connectivity index (χ4v) is 3.51. The quantitative estimate of drug-likeness (QED) is 0.229. The molecule has 0 spiro atoms. The van der Waals surface area contributed by atoms with Crippen LogP contribution in [-0.4, -0.2) is 78.2 Å². The third-order valence-electron chi connectivity index (χ3n) is 5.24. The number of hydrogen-bond donors (Lipinski definition) is 8. The molecule has 12 heteroatoms. The van der Waals surface area contributed by atoms with Crippen LogP contribution in [0.15, 0.2) is 39.5 Å². The molecule has 1 fully saturated rings. The molecule has 1 aromatic heterocycles. The maximum Gasteiger partial charge on any atom is 0.239 e. The molecule has 3 aromatic rings. The van der Waals surface area contributed by atoms with Gasteiger partial charge < -0.3 is 54.7 Å². The van der Waals surface area contributed by atoms with Gasteiger partial charge in [0.1, 0.15) is 46.9 Å². The van der Waals surface area contributed by atoms with Crippen LogP contribution in [0.4, 0.5) is 0 Å². The topological polar surface area (TPSA) is 211 Å². The van der Waals surface area contributed by atoms with E-state index in [1.807, 2.05) is 0 Å². The lowest BCUT2D eigenvalue weighted by Gasteiger charge is -2.39. The molecule has 0 saturated carbocycles. The molecule has 176 valence electrons. The highest BCUT2D eigenvalue weighted by Gasteiger charge is 2.45. The summed E-state index contributed by atoms with van der Waals surface area (Å²) < 4.78 is 16.5. The number of hydrogen-bond acceptors (Lipinski definition) is 12. The second-order valence-electron chi connectivity index (χ2n) is 7.45. The van der Waals surface area contributed by atoms with E-state index in [1.165, 1.54) is 6.07 Å².